The third-order valence-corrected chi connectivity index (χ3v) is 5.42. The second-order valence-electron chi connectivity index (χ2n) is 7.94. The fourth-order valence-electron chi connectivity index (χ4n) is 3.50. The normalized spacial score (nSPS) is 16.7. The zero-order chi connectivity index (χ0) is 19.2. The summed E-state index contributed by atoms with van der Waals surface area (Å²) in [6.45, 7) is 9.18. The van der Waals surface area contributed by atoms with Gasteiger partial charge in [0, 0.05) is 46.9 Å². The fourth-order valence-corrected chi connectivity index (χ4v) is 3.50. The number of rotatable bonds is 4. The van der Waals surface area contributed by atoms with E-state index in [0.29, 0.717) is 18.5 Å². The van der Waals surface area contributed by atoms with Crippen LogP contribution in [0, 0.1) is 0 Å². The Morgan fingerprint density at radius 1 is 1.30 bits per heavy atom. The molecule has 1 aliphatic heterocycles. The first kappa shape index (κ1) is 17.5. The lowest BCUT2D eigenvalue weighted by Gasteiger charge is -2.32. The van der Waals surface area contributed by atoms with Crippen molar-refractivity contribution in [3.63, 3.8) is 0 Å². The molecule has 0 spiro atoms. The molecule has 140 valence electrons. The number of nitrogens with one attached hydrogen (secondary N) is 3. The molecule has 2 aromatic heterocycles. The molecule has 0 unspecified atom stereocenters. The van der Waals surface area contributed by atoms with Crippen molar-refractivity contribution in [3.8, 4) is 11.1 Å². The van der Waals surface area contributed by atoms with Crippen molar-refractivity contribution < 1.29 is 4.79 Å². The molecule has 1 amide bonds. The fraction of sp³-hybridized carbons (Fsp3) is 0.381. The highest BCUT2D eigenvalue weighted by molar-refractivity contribution is 5.99. The Labute approximate surface area is 158 Å². The van der Waals surface area contributed by atoms with Crippen molar-refractivity contribution in [2.24, 2.45) is 0 Å². The van der Waals surface area contributed by atoms with E-state index in [0.717, 1.165) is 39.7 Å². The summed E-state index contributed by atoms with van der Waals surface area (Å²) in [4.78, 5) is 24.5. The first-order valence-electron chi connectivity index (χ1n) is 9.43. The third kappa shape index (κ3) is 3.05. The largest absolute Gasteiger partial charge is 0.352 e. The van der Waals surface area contributed by atoms with Crippen LogP contribution in [0.5, 0.6) is 0 Å². The van der Waals surface area contributed by atoms with E-state index in [1.165, 1.54) is 0 Å². The molecule has 0 saturated carbocycles. The van der Waals surface area contributed by atoms with E-state index in [4.69, 9.17) is 0 Å². The second kappa shape index (κ2) is 6.37. The smallest absolute Gasteiger partial charge is 0.251 e. The van der Waals surface area contributed by atoms with Crippen molar-refractivity contribution in [2.75, 3.05) is 11.9 Å². The average molecular weight is 363 g/mol. The van der Waals surface area contributed by atoms with Gasteiger partial charge in [0.05, 0.1) is 0 Å². The first-order chi connectivity index (χ1) is 12.9. The lowest BCUT2D eigenvalue weighted by molar-refractivity contribution is 0.0930. The number of carbonyl (C=O) groups is 1. The van der Waals surface area contributed by atoms with Gasteiger partial charge in [0.2, 0.25) is 5.95 Å². The number of aromatic amines is 1. The number of carbonyl (C=O) groups excluding carboxylic acids is 1. The summed E-state index contributed by atoms with van der Waals surface area (Å²) in [5.74, 6) is 0.632. The second-order valence-corrected chi connectivity index (χ2v) is 7.94. The van der Waals surface area contributed by atoms with Crippen LogP contribution in [0.15, 0.2) is 30.6 Å². The standard InChI is InChI=1S/C21H25N5O/c1-5-12(2)25-20-23-10-16-15(9-22-18(16)26-20)13-6-7-14-17(8-13)21(3,4)11-24-19(14)27/h6-10,12H,5,11H2,1-4H3,(H,24,27)(H2,22,23,25,26)/t12-/m0/s1. The highest BCUT2D eigenvalue weighted by Gasteiger charge is 2.31. The van der Waals surface area contributed by atoms with Gasteiger partial charge < -0.3 is 15.6 Å². The molecular formula is C21H25N5O. The number of hydrogen-bond acceptors (Lipinski definition) is 4. The molecule has 3 aromatic rings. The Hall–Kier alpha value is -2.89. The zero-order valence-electron chi connectivity index (χ0n) is 16.2. The van der Waals surface area contributed by atoms with Crippen LogP contribution in [0.4, 0.5) is 5.95 Å². The van der Waals surface area contributed by atoms with Crippen molar-refractivity contribution in [1.29, 1.82) is 0 Å². The SMILES string of the molecule is CC[C@H](C)Nc1ncc2c(-c3ccc4c(c3)C(C)(C)CNC4=O)c[nH]c2n1. The summed E-state index contributed by atoms with van der Waals surface area (Å²) < 4.78 is 0. The van der Waals surface area contributed by atoms with Gasteiger partial charge in [-0.25, -0.2) is 4.98 Å². The van der Waals surface area contributed by atoms with Crippen molar-refractivity contribution >= 4 is 22.9 Å². The van der Waals surface area contributed by atoms with Gasteiger partial charge in [0.1, 0.15) is 5.65 Å². The van der Waals surface area contributed by atoms with Gasteiger partial charge in [-0.2, -0.15) is 4.98 Å². The zero-order valence-corrected chi connectivity index (χ0v) is 16.2. The lowest BCUT2D eigenvalue weighted by Crippen LogP contribution is -2.43. The number of fused-ring (bicyclic) bond motifs is 2. The van der Waals surface area contributed by atoms with Crippen LogP contribution in [0.25, 0.3) is 22.2 Å². The Balaban J connectivity index is 1.76. The molecule has 3 N–H and O–H groups in total. The Morgan fingerprint density at radius 3 is 2.89 bits per heavy atom. The Bertz CT molecular complexity index is 1020. The van der Waals surface area contributed by atoms with Gasteiger partial charge in [0.15, 0.2) is 0 Å². The molecule has 1 aromatic carbocycles. The first-order valence-corrected chi connectivity index (χ1v) is 9.43. The van der Waals surface area contributed by atoms with E-state index >= 15 is 0 Å². The van der Waals surface area contributed by atoms with Gasteiger partial charge in [0.25, 0.3) is 5.91 Å². The molecular weight excluding hydrogens is 338 g/mol. The molecule has 3 heterocycles. The Morgan fingerprint density at radius 2 is 2.11 bits per heavy atom. The van der Waals surface area contributed by atoms with Crippen LogP contribution in [-0.2, 0) is 5.41 Å². The van der Waals surface area contributed by atoms with Crippen LogP contribution in [-0.4, -0.2) is 33.4 Å². The summed E-state index contributed by atoms with van der Waals surface area (Å²) in [6.07, 6.45) is 4.83. The minimum absolute atomic E-state index is 0.00102. The predicted octanol–water partition coefficient (Wildman–Crippen LogP) is 3.86. The molecule has 1 atom stereocenters. The van der Waals surface area contributed by atoms with Gasteiger partial charge in [-0.05, 0) is 36.6 Å². The van der Waals surface area contributed by atoms with Crippen molar-refractivity contribution in [2.45, 2.75) is 45.6 Å². The molecule has 0 radical (unpaired) electrons. The monoisotopic (exact) mass is 363 g/mol. The van der Waals surface area contributed by atoms with E-state index in [2.05, 4.69) is 59.3 Å². The molecule has 6 nitrogen and oxygen atoms in total. The molecule has 1 aliphatic rings. The number of anilines is 1. The number of nitrogens with zero attached hydrogens (tertiary/aromatic N) is 2. The van der Waals surface area contributed by atoms with Gasteiger partial charge in [-0.3, -0.25) is 4.79 Å². The van der Waals surface area contributed by atoms with Crippen LogP contribution in [0.2, 0.25) is 0 Å². The number of amides is 1. The third-order valence-electron chi connectivity index (χ3n) is 5.42. The average Bonchev–Trinajstić information content (AvgIpc) is 3.08. The summed E-state index contributed by atoms with van der Waals surface area (Å²) in [7, 11) is 0. The van der Waals surface area contributed by atoms with Crippen LogP contribution in [0.3, 0.4) is 0 Å². The molecule has 0 aliphatic carbocycles. The van der Waals surface area contributed by atoms with Crippen molar-refractivity contribution in [1.82, 2.24) is 20.3 Å². The summed E-state index contributed by atoms with van der Waals surface area (Å²) >= 11 is 0. The van der Waals surface area contributed by atoms with E-state index in [1.54, 1.807) is 0 Å². The molecule has 0 bridgehead atoms. The van der Waals surface area contributed by atoms with Crippen molar-refractivity contribution in [3.05, 3.63) is 41.7 Å². The van der Waals surface area contributed by atoms with E-state index < -0.39 is 0 Å². The summed E-state index contributed by atoms with van der Waals surface area (Å²) in [5, 5.41) is 7.24. The quantitative estimate of drug-likeness (QED) is 0.657. The van der Waals surface area contributed by atoms with Crippen LogP contribution >= 0.6 is 0 Å². The van der Waals surface area contributed by atoms with Gasteiger partial charge >= 0.3 is 0 Å². The highest BCUT2D eigenvalue weighted by atomic mass is 16.1. The van der Waals surface area contributed by atoms with Crippen LogP contribution in [0.1, 0.15) is 50.0 Å². The van der Waals surface area contributed by atoms with E-state index in [-0.39, 0.29) is 11.3 Å². The van der Waals surface area contributed by atoms with Gasteiger partial charge in [-0.15, -0.1) is 0 Å². The van der Waals surface area contributed by atoms with Gasteiger partial charge in [-0.1, -0.05) is 26.8 Å². The lowest BCUT2D eigenvalue weighted by atomic mass is 9.78. The number of benzene rings is 1. The minimum Gasteiger partial charge on any atom is -0.352 e. The molecule has 4 rings (SSSR count). The topological polar surface area (TPSA) is 82.7 Å². The molecule has 27 heavy (non-hydrogen) atoms. The summed E-state index contributed by atoms with van der Waals surface area (Å²) in [6, 6.07) is 6.36. The molecule has 0 fully saturated rings. The van der Waals surface area contributed by atoms with E-state index in [1.807, 2.05) is 24.5 Å². The number of hydrogen-bond donors (Lipinski definition) is 3. The van der Waals surface area contributed by atoms with E-state index in [9.17, 15) is 4.79 Å². The highest BCUT2D eigenvalue weighted by Crippen LogP contribution is 2.35. The number of aromatic nitrogens is 3. The number of H-pyrrole nitrogens is 1. The maximum absolute atomic E-state index is 12.2. The minimum atomic E-state index is -0.102. The molecule has 6 heteroatoms. The maximum atomic E-state index is 12.2. The summed E-state index contributed by atoms with van der Waals surface area (Å²) in [5.41, 5.74) is 4.65. The van der Waals surface area contributed by atoms with Crippen LogP contribution < -0.4 is 10.6 Å². The Kier molecular flexibility index (Phi) is 4.13. The predicted molar refractivity (Wildman–Crippen MR) is 108 cm³/mol. The maximum Gasteiger partial charge on any atom is 0.251 e. The molecule has 0 saturated heterocycles.